The number of aryl methyl sites for hydroxylation is 1. The van der Waals surface area contributed by atoms with Gasteiger partial charge in [-0.25, -0.2) is 0 Å². The molecule has 96 valence electrons. The van der Waals surface area contributed by atoms with Gasteiger partial charge in [-0.3, -0.25) is 0 Å². The Bertz CT molecular complexity index is 332. The summed E-state index contributed by atoms with van der Waals surface area (Å²) in [6.45, 7) is 6.95. The van der Waals surface area contributed by atoms with E-state index in [1.54, 1.807) is 0 Å². The third-order valence-electron chi connectivity index (χ3n) is 2.86. The summed E-state index contributed by atoms with van der Waals surface area (Å²) in [4.78, 5) is 4.39. The van der Waals surface area contributed by atoms with E-state index in [-0.39, 0.29) is 6.10 Å². The minimum absolute atomic E-state index is 0.169. The van der Waals surface area contributed by atoms with Crippen LogP contribution in [0.2, 0.25) is 0 Å². The lowest BCUT2D eigenvalue weighted by molar-refractivity contribution is 0.0246. The highest BCUT2D eigenvalue weighted by molar-refractivity contribution is 4.89. The molecule has 0 aromatic carbocycles. The quantitative estimate of drug-likeness (QED) is 0.836. The summed E-state index contributed by atoms with van der Waals surface area (Å²) in [5, 5.41) is 7.28. The second-order valence-corrected chi connectivity index (χ2v) is 4.94. The fourth-order valence-corrected chi connectivity index (χ4v) is 1.84. The lowest BCUT2D eigenvalue weighted by atomic mass is 10.1. The molecule has 1 saturated heterocycles. The summed E-state index contributed by atoms with van der Waals surface area (Å²) in [7, 11) is 0. The molecule has 1 aromatic rings. The third kappa shape index (κ3) is 4.09. The first-order valence-corrected chi connectivity index (χ1v) is 6.38. The fraction of sp³-hybridized carbons (Fsp3) is 0.833. The standard InChI is InChI=1S/C12H21N3O2/c1-9(2)3-4-11-14-12(17-15-11)7-10-8-13-5-6-16-10/h9-10,13H,3-8H2,1-2H3. The lowest BCUT2D eigenvalue weighted by Crippen LogP contribution is -2.39. The topological polar surface area (TPSA) is 60.2 Å². The predicted molar refractivity (Wildman–Crippen MR) is 63.8 cm³/mol. The maximum atomic E-state index is 5.60. The Morgan fingerprint density at radius 1 is 1.47 bits per heavy atom. The highest BCUT2D eigenvalue weighted by Gasteiger charge is 2.17. The van der Waals surface area contributed by atoms with E-state index >= 15 is 0 Å². The first-order valence-electron chi connectivity index (χ1n) is 6.38. The second-order valence-electron chi connectivity index (χ2n) is 4.94. The van der Waals surface area contributed by atoms with Gasteiger partial charge in [-0.15, -0.1) is 0 Å². The van der Waals surface area contributed by atoms with Crippen molar-refractivity contribution >= 4 is 0 Å². The molecule has 0 amide bonds. The zero-order valence-electron chi connectivity index (χ0n) is 10.6. The van der Waals surface area contributed by atoms with Crippen molar-refractivity contribution in [2.24, 2.45) is 5.92 Å². The molecule has 0 bridgehead atoms. The number of morpholine rings is 1. The van der Waals surface area contributed by atoms with Gasteiger partial charge >= 0.3 is 0 Å². The van der Waals surface area contributed by atoms with Crippen LogP contribution < -0.4 is 5.32 Å². The SMILES string of the molecule is CC(C)CCc1noc(CC2CNCCO2)n1. The van der Waals surface area contributed by atoms with Crippen molar-refractivity contribution in [3.8, 4) is 0 Å². The molecule has 1 N–H and O–H groups in total. The van der Waals surface area contributed by atoms with Crippen molar-refractivity contribution in [1.29, 1.82) is 0 Å². The minimum atomic E-state index is 0.169. The molecular weight excluding hydrogens is 218 g/mol. The van der Waals surface area contributed by atoms with Gasteiger partial charge in [0.15, 0.2) is 5.82 Å². The molecule has 5 nitrogen and oxygen atoms in total. The van der Waals surface area contributed by atoms with Gasteiger partial charge in [0, 0.05) is 19.5 Å². The molecule has 1 aliphatic heterocycles. The van der Waals surface area contributed by atoms with Crippen LogP contribution in [0.1, 0.15) is 32.0 Å². The summed E-state index contributed by atoms with van der Waals surface area (Å²) in [5.74, 6) is 2.18. The molecule has 2 rings (SSSR count). The minimum Gasteiger partial charge on any atom is -0.375 e. The van der Waals surface area contributed by atoms with Gasteiger partial charge in [-0.05, 0) is 12.3 Å². The second kappa shape index (κ2) is 6.12. The zero-order valence-corrected chi connectivity index (χ0v) is 10.6. The maximum Gasteiger partial charge on any atom is 0.229 e. The lowest BCUT2D eigenvalue weighted by Gasteiger charge is -2.21. The molecule has 1 atom stereocenters. The number of nitrogens with zero attached hydrogens (tertiary/aromatic N) is 2. The van der Waals surface area contributed by atoms with Crippen LogP contribution in [-0.2, 0) is 17.6 Å². The molecule has 5 heteroatoms. The zero-order chi connectivity index (χ0) is 12.1. The van der Waals surface area contributed by atoms with E-state index in [2.05, 4.69) is 29.3 Å². The van der Waals surface area contributed by atoms with E-state index in [1.807, 2.05) is 0 Å². The van der Waals surface area contributed by atoms with E-state index in [0.29, 0.717) is 18.2 Å². The van der Waals surface area contributed by atoms with Crippen molar-refractivity contribution in [1.82, 2.24) is 15.5 Å². The van der Waals surface area contributed by atoms with Crippen molar-refractivity contribution in [2.45, 2.75) is 39.2 Å². The first-order chi connectivity index (χ1) is 8.24. The molecule has 0 radical (unpaired) electrons. The Kier molecular flexibility index (Phi) is 4.50. The number of hydrogen-bond acceptors (Lipinski definition) is 5. The molecule has 1 unspecified atom stereocenters. The van der Waals surface area contributed by atoms with E-state index in [1.165, 1.54) is 0 Å². The van der Waals surface area contributed by atoms with Crippen LogP contribution >= 0.6 is 0 Å². The maximum absolute atomic E-state index is 5.60. The first kappa shape index (κ1) is 12.5. The Morgan fingerprint density at radius 3 is 3.06 bits per heavy atom. The van der Waals surface area contributed by atoms with E-state index < -0.39 is 0 Å². The average Bonchev–Trinajstić information content (AvgIpc) is 2.75. The van der Waals surface area contributed by atoms with Crippen molar-refractivity contribution < 1.29 is 9.26 Å². The Labute approximate surface area is 102 Å². The number of aromatic nitrogens is 2. The molecule has 2 heterocycles. The normalized spacial score (nSPS) is 21.0. The Hall–Kier alpha value is -0.940. The van der Waals surface area contributed by atoms with E-state index in [4.69, 9.17) is 9.26 Å². The van der Waals surface area contributed by atoms with Crippen LogP contribution in [-0.4, -0.2) is 35.9 Å². The van der Waals surface area contributed by atoms with Crippen LogP contribution in [0.15, 0.2) is 4.52 Å². The monoisotopic (exact) mass is 239 g/mol. The van der Waals surface area contributed by atoms with Gasteiger partial charge in [-0.2, -0.15) is 4.98 Å². The van der Waals surface area contributed by atoms with Crippen LogP contribution in [0.5, 0.6) is 0 Å². The highest BCUT2D eigenvalue weighted by atomic mass is 16.5. The largest absolute Gasteiger partial charge is 0.375 e. The molecule has 17 heavy (non-hydrogen) atoms. The van der Waals surface area contributed by atoms with Crippen molar-refractivity contribution in [2.75, 3.05) is 19.7 Å². The molecule has 0 spiro atoms. The van der Waals surface area contributed by atoms with Crippen LogP contribution in [0.25, 0.3) is 0 Å². The highest BCUT2D eigenvalue weighted by Crippen LogP contribution is 2.09. The van der Waals surface area contributed by atoms with E-state index in [9.17, 15) is 0 Å². The molecule has 1 fully saturated rings. The molecular formula is C12H21N3O2. The number of nitrogens with one attached hydrogen (secondary N) is 1. The summed E-state index contributed by atoms with van der Waals surface area (Å²) in [6, 6.07) is 0. The van der Waals surface area contributed by atoms with E-state index in [0.717, 1.165) is 38.4 Å². The van der Waals surface area contributed by atoms with Gasteiger partial charge in [-0.1, -0.05) is 19.0 Å². The molecule has 0 aliphatic carbocycles. The van der Waals surface area contributed by atoms with Crippen LogP contribution in [0.4, 0.5) is 0 Å². The third-order valence-corrected chi connectivity index (χ3v) is 2.86. The van der Waals surface area contributed by atoms with Gasteiger partial charge in [0.1, 0.15) is 0 Å². The number of hydrogen-bond donors (Lipinski definition) is 1. The van der Waals surface area contributed by atoms with Crippen molar-refractivity contribution in [3.05, 3.63) is 11.7 Å². The molecule has 1 aliphatic rings. The average molecular weight is 239 g/mol. The van der Waals surface area contributed by atoms with Gasteiger partial charge in [0.2, 0.25) is 5.89 Å². The number of ether oxygens (including phenoxy) is 1. The predicted octanol–water partition coefficient (Wildman–Crippen LogP) is 1.19. The smallest absolute Gasteiger partial charge is 0.229 e. The van der Waals surface area contributed by atoms with Gasteiger partial charge in [0.25, 0.3) is 0 Å². The summed E-state index contributed by atoms with van der Waals surface area (Å²) in [6.07, 6.45) is 2.87. The Morgan fingerprint density at radius 2 is 2.35 bits per heavy atom. The fourth-order valence-electron chi connectivity index (χ4n) is 1.84. The summed E-state index contributed by atoms with van der Waals surface area (Å²) < 4.78 is 10.8. The van der Waals surface area contributed by atoms with Crippen LogP contribution in [0, 0.1) is 5.92 Å². The van der Waals surface area contributed by atoms with Crippen molar-refractivity contribution in [3.63, 3.8) is 0 Å². The molecule has 0 saturated carbocycles. The van der Waals surface area contributed by atoms with Gasteiger partial charge in [0.05, 0.1) is 19.1 Å². The van der Waals surface area contributed by atoms with Gasteiger partial charge < -0.3 is 14.6 Å². The number of rotatable bonds is 5. The molecule has 1 aromatic heterocycles. The summed E-state index contributed by atoms with van der Waals surface area (Å²) in [5.41, 5.74) is 0. The Balaban J connectivity index is 1.80. The summed E-state index contributed by atoms with van der Waals surface area (Å²) >= 11 is 0. The van der Waals surface area contributed by atoms with Crippen LogP contribution in [0.3, 0.4) is 0 Å².